The van der Waals surface area contributed by atoms with Gasteiger partial charge in [0, 0.05) is 18.4 Å². The van der Waals surface area contributed by atoms with Crippen molar-refractivity contribution in [3.05, 3.63) is 90.0 Å². The van der Waals surface area contributed by atoms with Crippen LogP contribution in [0, 0.1) is 0 Å². The van der Waals surface area contributed by atoms with E-state index in [1.165, 1.54) is 24.3 Å². The lowest BCUT2D eigenvalue weighted by atomic mass is 10.0. The van der Waals surface area contributed by atoms with Crippen LogP contribution in [0.1, 0.15) is 28.8 Å². The van der Waals surface area contributed by atoms with E-state index in [1.54, 1.807) is 24.3 Å². The minimum absolute atomic E-state index is 0.0538. The third-order valence-electron chi connectivity index (χ3n) is 6.88. The topological polar surface area (TPSA) is 200 Å². The van der Waals surface area contributed by atoms with Crippen LogP contribution in [0.25, 0.3) is 11.1 Å². The molecule has 0 saturated heterocycles. The van der Waals surface area contributed by atoms with Crippen LogP contribution < -0.4 is 27.0 Å². The van der Waals surface area contributed by atoms with Gasteiger partial charge in [-0.25, -0.2) is 0 Å². The minimum atomic E-state index is -5.11. The number of halogens is 3. The number of benzene rings is 3. The van der Waals surface area contributed by atoms with Crippen molar-refractivity contribution in [3.63, 3.8) is 0 Å². The lowest BCUT2D eigenvalue weighted by molar-refractivity contribution is -0.212. The number of aromatic hydroxyl groups is 1. The molecule has 3 aromatic carbocycles. The molecule has 3 aromatic rings. The number of hydrogen-bond donors (Lipinski definition) is 7. The second-order valence-corrected chi connectivity index (χ2v) is 10.5. The third kappa shape index (κ3) is 11.8. The average molecular weight is 658 g/mol. The summed E-state index contributed by atoms with van der Waals surface area (Å²) >= 11 is 0. The smallest absolute Gasteiger partial charge is 0.416 e. The fourth-order valence-electron chi connectivity index (χ4n) is 4.41. The first kappa shape index (κ1) is 36.0. The molecule has 0 aromatic heterocycles. The molecule has 0 fully saturated rings. The maximum Gasteiger partial charge on any atom is 0.416 e. The fourth-order valence-corrected chi connectivity index (χ4v) is 4.41. The van der Waals surface area contributed by atoms with Gasteiger partial charge in [-0.1, -0.05) is 54.6 Å². The number of carbonyl (C=O) groups is 5. The Labute approximate surface area is 267 Å². The number of nitrogens with two attached hydrogens (primary N) is 1. The largest absolute Gasteiger partial charge is 0.508 e. The second kappa shape index (κ2) is 16.7. The Balaban J connectivity index is 1.61. The number of hydrogen-bond acceptors (Lipinski definition) is 7. The van der Waals surface area contributed by atoms with Crippen molar-refractivity contribution >= 4 is 29.5 Å². The molecule has 0 spiro atoms. The van der Waals surface area contributed by atoms with Gasteiger partial charge >= 0.3 is 6.18 Å². The molecule has 8 N–H and O–H groups in total. The van der Waals surface area contributed by atoms with Crippen LogP contribution >= 0.6 is 0 Å². The Kier molecular flexibility index (Phi) is 12.8. The summed E-state index contributed by atoms with van der Waals surface area (Å²) in [5.41, 5.74) is 7.59. The molecule has 0 heterocycles. The van der Waals surface area contributed by atoms with Crippen LogP contribution in [0.2, 0.25) is 0 Å². The van der Waals surface area contributed by atoms with Crippen LogP contribution in [0.4, 0.5) is 13.2 Å². The molecule has 12 nitrogen and oxygen atoms in total. The van der Waals surface area contributed by atoms with Crippen molar-refractivity contribution in [3.8, 4) is 16.9 Å². The van der Waals surface area contributed by atoms with Gasteiger partial charge in [-0.15, -0.1) is 0 Å². The quantitative estimate of drug-likeness (QED) is 0.128. The molecule has 0 aliphatic carbocycles. The molecule has 3 atom stereocenters. The van der Waals surface area contributed by atoms with Gasteiger partial charge in [0.1, 0.15) is 11.8 Å². The first-order valence-corrected chi connectivity index (χ1v) is 14.3. The first-order chi connectivity index (χ1) is 22.2. The van der Waals surface area contributed by atoms with Gasteiger partial charge in [0.15, 0.2) is 6.10 Å². The van der Waals surface area contributed by atoms with E-state index < -0.39 is 79.8 Å². The number of primary amides is 1. The number of phenolic OH excluding ortho intramolecular Hbond substituents is 1. The Morgan fingerprint density at radius 3 is 1.94 bits per heavy atom. The fraction of sp³-hybridized carbons (Fsp3) is 0.281. The number of rotatable bonds is 15. The number of alkyl halides is 3. The molecular weight excluding hydrogens is 623 g/mol. The van der Waals surface area contributed by atoms with Gasteiger partial charge in [-0.2, -0.15) is 13.2 Å². The Morgan fingerprint density at radius 2 is 1.34 bits per heavy atom. The molecule has 47 heavy (non-hydrogen) atoms. The zero-order valence-corrected chi connectivity index (χ0v) is 24.9. The lowest BCUT2D eigenvalue weighted by Crippen LogP contribution is -2.54. The standard InChI is InChI=1S/C32H34F3N5O7/c33-32(34,35)29(45)24(14-15-26(36)42)39-27(43)18-38-31(47)25(16-19-6-12-23(41)13-7-19)40-28(44)17-37-30(46)22-10-8-21(9-11-22)20-4-2-1-3-5-20/h1-13,24-25,29,41,45H,14-18H2,(H2,36,42)(H,37,46)(H,38,47)(H,39,43)(H,40,44)/t24?,25-,29?/m0/s1. The molecule has 0 saturated carbocycles. The normalized spacial score (nSPS) is 13.0. The molecule has 250 valence electrons. The highest BCUT2D eigenvalue weighted by Crippen LogP contribution is 2.24. The summed E-state index contributed by atoms with van der Waals surface area (Å²) in [6.45, 7) is -1.36. The SMILES string of the molecule is NC(=O)CCC(NC(=O)CNC(=O)[C@H](Cc1ccc(O)cc1)NC(=O)CNC(=O)c1ccc(-c2ccccc2)cc1)C(O)C(F)(F)F. The van der Waals surface area contributed by atoms with E-state index in [2.05, 4.69) is 16.0 Å². The van der Waals surface area contributed by atoms with Crippen molar-refractivity contribution in [1.82, 2.24) is 21.3 Å². The number of aliphatic hydroxyl groups is 1. The lowest BCUT2D eigenvalue weighted by Gasteiger charge is -2.26. The van der Waals surface area contributed by atoms with Gasteiger partial charge in [0.2, 0.25) is 23.6 Å². The maximum atomic E-state index is 13.1. The number of aliphatic hydroxyl groups excluding tert-OH is 1. The second-order valence-electron chi connectivity index (χ2n) is 10.5. The minimum Gasteiger partial charge on any atom is -0.508 e. The zero-order chi connectivity index (χ0) is 34.6. The van der Waals surface area contributed by atoms with E-state index in [0.29, 0.717) is 5.56 Å². The van der Waals surface area contributed by atoms with Gasteiger partial charge in [0.05, 0.1) is 19.1 Å². The van der Waals surface area contributed by atoms with Crippen molar-refractivity contribution < 1.29 is 47.4 Å². The van der Waals surface area contributed by atoms with Crippen LogP contribution in [-0.4, -0.2) is 77.2 Å². The van der Waals surface area contributed by atoms with E-state index in [4.69, 9.17) is 5.73 Å². The molecule has 0 aliphatic rings. The number of nitrogens with one attached hydrogen (secondary N) is 4. The summed E-state index contributed by atoms with van der Waals surface area (Å²) in [7, 11) is 0. The van der Waals surface area contributed by atoms with E-state index in [0.717, 1.165) is 11.1 Å². The van der Waals surface area contributed by atoms with Crippen molar-refractivity contribution in [1.29, 1.82) is 0 Å². The Bertz CT molecular complexity index is 1540. The molecule has 0 radical (unpaired) electrons. The third-order valence-corrected chi connectivity index (χ3v) is 6.88. The van der Waals surface area contributed by atoms with Crippen molar-refractivity contribution in [2.24, 2.45) is 5.73 Å². The molecule has 3 rings (SSSR count). The zero-order valence-electron chi connectivity index (χ0n) is 24.9. The maximum absolute atomic E-state index is 13.1. The Hall–Kier alpha value is -5.44. The number of amides is 5. The van der Waals surface area contributed by atoms with Crippen LogP contribution in [0.5, 0.6) is 5.75 Å². The predicted octanol–water partition coefficient (Wildman–Crippen LogP) is 1.31. The van der Waals surface area contributed by atoms with Gasteiger partial charge in [0.25, 0.3) is 5.91 Å². The first-order valence-electron chi connectivity index (χ1n) is 14.3. The van der Waals surface area contributed by atoms with Gasteiger partial charge in [-0.3, -0.25) is 24.0 Å². The number of carbonyl (C=O) groups excluding carboxylic acids is 5. The molecule has 15 heteroatoms. The molecule has 2 unspecified atom stereocenters. The van der Waals surface area contributed by atoms with E-state index in [1.807, 2.05) is 35.6 Å². The summed E-state index contributed by atoms with van der Waals surface area (Å²) < 4.78 is 39.2. The predicted molar refractivity (Wildman–Crippen MR) is 163 cm³/mol. The van der Waals surface area contributed by atoms with Gasteiger partial charge in [-0.05, 0) is 47.4 Å². The van der Waals surface area contributed by atoms with E-state index in [-0.39, 0.29) is 17.7 Å². The van der Waals surface area contributed by atoms with Crippen LogP contribution in [0.15, 0.2) is 78.9 Å². The highest BCUT2D eigenvalue weighted by molar-refractivity contribution is 5.97. The highest BCUT2D eigenvalue weighted by atomic mass is 19.4. The van der Waals surface area contributed by atoms with Gasteiger partial charge < -0.3 is 37.2 Å². The summed E-state index contributed by atoms with van der Waals surface area (Å²) in [5, 5.41) is 28.2. The van der Waals surface area contributed by atoms with Crippen LogP contribution in [-0.2, 0) is 25.6 Å². The number of phenols is 1. The summed E-state index contributed by atoms with van der Waals surface area (Å²) in [6.07, 6.45) is -9.40. The van der Waals surface area contributed by atoms with Crippen molar-refractivity contribution in [2.45, 2.75) is 43.6 Å². The molecule has 0 bridgehead atoms. The molecule has 5 amide bonds. The summed E-state index contributed by atoms with van der Waals surface area (Å²) in [4.78, 5) is 61.9. The summed E-state index contributed by atoms with van der Waals surface area (Å²) in [6, 6.07) is 18.6. The van der Waals surface area contributed by atoms with Crippen LogP contribution in [0.3, 0.4) is 0 Å². The average Bonchev–Trinajstić information content (AvgIpc) is 3.04. The molecular formula is C32H34F3N5O7. The summed E-state index contributed by atoms with van der Waals surface area (Å²) in [5.74, 6) is -4.32. The van der Waals surface area contributed by atoms with Crippen molar-refractivity contribution in [2.75, 3.05) is 13.1 Å². The van der Waals surface area contributed by atoms with E-state index in [9.17, 15) is 47.4 Å². The Morgan fingerprint density at radius 1 is 0.766 bits per heavy atom. The highest BCUT2D eigenvalue weighted by Gasteiger charge is 2.44. The monoisotopic (exact) mass is 657 g/mol. The van der Waals surface area contributed by atoms with E-state index >= 15 is 0 Å². The molecule has 0 aliphatic heterocycles.